The van der Waals surface area contributed by atoms with E-state index >= 15 is 0 Å². The maximum Gasteiger partial charge on any atom is 0.338 e. The number of fused-ring (bicyclic) bond motifs is 2. The Kier molecular flexibility index (Phi) is 5.17. The lowest BCUT2D eigenvalue weighted by Crippen LogP contribution is -2.27. The normalized spacial score (nSPS) is 21.0. The van der Waals surface area contributed by atoms with Gasteiger partial charge in [-0.25, -0.2) is 4.79 Å². The molecule has 2 heterocycles. The summed E-state index contributed by atoms with van der Waals surface area (Å²) >= 11 is 1.52. The largest absolute Gasteiger partial charge is 0.479 e. The van der Waals surface area contributed by atoms with Crippen molar-refractivity contribution in [2.24, 2.45) is 0 Å². The van der Waals surface area contributed by atoms with Crippen LogP contribution < -0.4 is 0 Å². The van der Waals surface area contributed by atoms with Gasteiger partial charge in [-0.05, 0) is 57.2 Å². The zero-order valence-corrected chi connectivity index (χ0v) is 17.3. The first kappa shape index (κ1) is 19.4. The summed E-state index contributed by atoms with van der Waals surface area (Å²) in [6.45, 7) is 6.49. The second-order valence-corrected chi connectivity index (χ2v) is 9.45. The second kappa shape index (κ2) is 7.47. The zero-order valence-electron chi connectivity index (χ0n) is 16.5. The first-order chi connectivity index (χ1) is 13.3. The van der Waals surface area contributed by atoms with Gasteiger partial charge in [0, 0.05) is 22.3 Å². The molecule has 1 aromatic heterocycles. The van der Waals surface area contributed by atoms with Gasteiger partial charge in [0.15, 0.2) is 6.10 Å². The van der Waals surface area contributed by atoms with E-state index < -0.39 is 17.7 Å². The standard InChI is InChI=1S/C23H26O4S/c1-23(2,3)27-20(22(24)25)21-19(16-8-4-5-9-18(16)28-21)15-10-11-17-14(13-15)7-6-12-26-17/h4-5,8-10,13,17,20H,6-7,11-12H2,1-3H3,(H,24,25). The minimum absolute atomic E-state index is 0.173. The van der Waals surface area contributed by atoms with Gasteiger partial charge in [-0.15, -0.1) is 11.3 Å². The molecule has 0 saturated carbocycles. The Morgan fingerprint density at radius 2 is 2.11 bits per heavy atom. The van der Waals surface area contributed by atoms with E-state index in [9.17, 15) is 9.90 Å². The number of hydrogen-bond acceptors (Lipinski definition) is 4. The Morgan fingerprint density at radius 3 is 2.86 bits per heavy atom. The molecule has 2 atom stereocenters. The van der Waals surface area contributed by atoms with Crippen molar-refractivity contribution in [1.82, 2.24) is 0 Å². The van der Waals surface area contributed by atoms with Crippen molar-refractivity contribution in [2.75, 3.05) is 6.61 Å². The first-order valence-electron chi connectivity index (χ1n) is 9.78. The fourth-order valence-corrected chi connectivity index (χ4v) is 5.19. The fraction of sp³-hybridized carbons (Fsp3) is 0.435. The Hall–Kier alpha value is -1.95. The maximum absolute atomic E-state index is 12.1. The highest BCUT2D eigenvalue weighted by atomic mass is 32.1. The van der Waals surface area contributed by atoms with Gasteiger partial charge in [0.2, 0.25) is 0 Å². The third kappa shape index (κ3) is 3.79. The van der Waals surface area contributed by atoms with Gasteiger partial charge in [-0.3, -0.25) is 0 Å². The number of ether oxygens (including phenoxy) is 2. The third-order valence-electron chi connectivity index (χ3n) is 5.08. The van der Waals surface area contributed by atoms with Gasteiger partial charge in [-0.1, -0.05) is 30.4 Å². The Balaban J connectivity index is 1.85. The molecular weight excluding hydrogens is 372 g/mol. The summed E-state index contributed by atoms with van der Waals surface area (Å²) in [5, 5.41) is 11.0. The van der Waals surface area contributed by atoms with Crippen LogP contribution in [-0.2, 0) is 14.3 Å². The molecule has 1 fully saturated rings. The molecule has 2 aromatic rings. The molecule has 4 rings (SSSR count). The van der Waals surface area contributed by atoms with Gasteiger partial charge < -0.3 is 14.6 Å². The van der Waals surface area contributed by atoms with Crippen LogP contribution in [-0.4, -0.2) is 29.4 Å². The van der Waals surface area contributed by atoms with Crippen LogP contribution in [0.1, 0.15) is 56.6 Å². The van der Waals surface area contributed by atoms with Gasteiger partial charge in [0.1, 0.15) is 0 Å². The molecule has 28 heavy (non-hydrogen) atoms. The minimum Gasteiger partial charge on any atom is -0.479 e. The monoisotopic (exact) mass is 398 g/mol. The van der Waals surface area contributed by atoms with E-state index in [1.54, 1.807) is 0 Å². The summed E-state index contributed by atoms with van der Waals surface area (Å²) in [7, 11) is 0. The summed E-state index contributed by atoms with van der Waals surface area (Å²) in [6, 6.07) is 8.12. The SMILES string of the molecule is CC(C)(C)OC(C(=O)O)c1sc2ccccc2c1C1=CCC2OCCCC2=C1. The molecule has 1 N–H and O–H groups in total. The zero-order chi connectivity index (χ0) is 19.9. The predicted molar refractivity (Wildman–Crippen MR) is 113 cm³/mol. The molecule has 148 valence electrons. The van der Waals surface area contributed by atoms with Crippen molar-refractivity contribution < 1.29 is 19.4 Å². The van der Waals surface area contributed by atoms with E-state index in [1.165, 1.54) is 16.9 Å². The third-order valence-corrected chi connectivity index (χ3v) is 6.29. The van der Waals surface area contributed by atoms with Crippen molar-refractivity contribution >= 4 is 33.0 Å². The number of rotatable bonds is 4. The lowest BCUT2D eigenvalue weighted by Gasteiger charge is -2.29. The fourth-order valence-electron chi connectivity index (χ4n) is 3.94. The summed E-state index contributed by atoms with van der Waals surface area (Å²) in [5.74, 6) is -0.953. The predicted octanol–water partition coefficient (Wildman–Crippen LogP) is 5.73. The molecular formula is C23H26O4S. The van der Waals surface area contributed by atoms with E-state index in [0.29, 0.717) is 0 Å². The van der Waals surface area contributed by atoms with Crippen LogP contribution in [0.25, 0.3) is 15.7 Å². The molecule has 2 aliphatic rings. The second-order valence-electron chi connectivity index (χ2n) is 8.36. The summed E-state index contributed by atoms with van der Waals surface area (Å²) in [4.78, 5) is 12.9. The molecule has 4 nitrogen and oxygen atoms in total. The quantitative estimate of drug-likeness (QED) is 0.714. The molecule has 0 bridgehead atoms. The number of carbonyl (C=O) groups is 1. The van der Waals surface area contributed by atoms with Crippen molar-refractivity contribution in [3.63, 3.8) is 0 Å². The minimum atomic E-state index is -0.993. The molecule has 0 amide bonds. The maximum atomic E-state index is 12.1. The van der Waals surface area contributed by atoms with Crippen molar-refractivity contribution in [2.45, 2.75) is 57.8 Å². The van der Waals surface area contributed by atoms with Crippen molar-refractivity contribution in [3.05, 3.63) is 52.4 Å². The van der Waals surface area contributed by atoms with Crippen LogP contribution in [0.4, 0.5) is 0 Å². The molecule has 1 saturated heterocycles. The summed E-state index contributed by atoms with van der Waals surface area (Å²) in [6.07, 6.45) is 6.49. The topological polar surface area (TPSA) is 55.8 Å². The van der Waals surface area contributed by atoms with Crippen LogP contribution in [0.2, 0.25) is 0 Å². The number of benzene rings is 1. The Morgan fingerprint density at radius 1 is 1.32 bits per heavy atom. The van der Waals surface area contributed by atoms with E-state index in [0.717, 1.165) is 52.0 Å². The Labute approximate surface area is 169 Å². The number of carboxylic acids is 1. The van der Waals surface area contributed by atoms with Crippen LogP contribution in [0.5, 0.6) is 0 Å². The van der Waals surface area contributed by atoms with Crippen molar-refractivity contribution in [1.29, 1.82) is 0 Å². The van der Waals surface area contributed by atoms with Gasteiger partial charge >= 0.3 is 5.97 Å². The number of allylic oxidation sites excluding steroid dienone is 2. The molecule has 1 aliphatic carbocycles. The van der Waals surface area contributed by atoms with Crippen LogP contribution in [0.15, 0.2) is 42.0 Å². The molecule has 5 heteroatoms. The summed E-state index contributed by atoms with van der Waals surface area (Å²) < 4.78 is 13.0. The molecule has 1 aromatic carbocycles. The molecule has 0 radical (unpaired) electrons. The smallest absolute Gasteiger partial charge is 0.338 e. The van der Waals surface area contributed by atoms with E-state index in [4.69, 9.17) is 9.47 Å². The average molecular weight is 399 g/mol. The molecule has 2 unspecified atom stereocenters. The van der Waals surface area contributed by atoms with Gasteiger partial charge in [0.05, 0.1) is 16.6 Å². The highest BCUT2D eigenvalue weighted by Gasteiger charge is 2.33. The van der Waals surface area contributed by atoms with Gasteiger partial charge in [0.25, 0.3) is 0 Å². The molecule has 0 spiro atoms. The van der Waals surface area contributed by atoms with Crippen LogP contribution >= 0.6 is 11.3 Å². The van der Waals surface area contributed by atoms with E-state index in [-0.39, 0.29) is 6.10 Å². The highest BCUT2D eigenvalue weighted by molar-refractivity contribution is 7.19. The number of carboxylic acid groups (broad SMARTS) is 1. The van der Waals surface area contributed by atoms with Crippen molar-refractivity contribution in [3.8, 4) is 0 Å². The number of thiophene rings is 1. The highest BCUT2D eigenvalue weighted by Crippen LogP contribution is 2.44. The lowest BCUT2D eigenvalue weighted by atomic mass is 9.87. The molecule has 1 aliphatic heterocycles. The van der Waals surface area contributed by atoms with E-state index in [2.05, 4.69) is 18.2 Å². The van der Waals surface area contributed by atoms with Crippen LogP contribution in [0.3, 0.4) is 0 Å². The first-order valence-corrected chi connectivity index (χ1v) is 10.6. The lowest BCUT2D eigenvalue weighted by molar-refractivity contribution is -0.160. The number of hydrogen-bond donors (Lipinski definition) is 1. The summed E-state index contributed by atoms with van der Waals surface area (Å²) in [5.41, 5.74) is 2.84. The van der Waals surface area contributed by atoms with Gasteiger partial charge in [-0.2, -0.15) is 0 Å². The average Bonchev–Trinajstić information content (AvgIpc) is 3.04. The van der Waals surface area contributed by atoms with E-state index in [1.807, 2.05) is 39.0 Å². The Bertz CT molecular complexity index is 961. The number of aliphatic carboxylic acids is 1. The van der Waals surface area contributed by atoms with Crippen LogP contribution in [0, 0.1) is 0 Å².